The van der Waals surface area contributed by atoms with E-state index < -0.39 is 0 Å². The summed E-state index contributed by atoms with van der Waals surface area (Å²) < 4.78 is 11.5. The number of esters is 2. The molecule has 1 aliphatic carbocycles. The van der Waals surface area contributed by atoms with Crippen molar-refractivity contribution in [3.63, 3.8) is 0 Å². The lowest BCUT2D eigenvalue weighted by Gasteiger charge is -2.30. The van der Waals surface area contributed by atoms with Gasteiger partial charge in [0, 0.05) is 0 Å². The average Bonchev–Trinajstić information content (AvgIpc) is 2.78. The molecule has 0 heterocycles. The number of hydrogen-bond donors (Lipinski definition) is 0. The van der Waals surface area contributed by atoms with E-state index in [1.807, 2.05) is 0 Å². The molecule has 4 nitrogen and oxygen atoms in total. The molecule has 0 aliphatic heterocycles. The Kier molecular flexibility index (Phi) is 16.7. The third-order valence-electron chi connectivity index (χ3n) is 6.64. The summed E-state index contributed by atoms with van der Waals surface area (Å²) in [7, 11) is 0. The van der Waals surface area contributed by atoms with Gasteiger partial charge in [-0.25, -0.2) is 0 Å². The highest BCUT2D eigenvalue weighted by molar-refractivity contribution is 5.82. The van der Waals surface area contributed by atoms with Crippen LogP contribution in [0.2, 0.25) is 0 Å². The van der Waals surface area contributed by atoms with Crippen LogP contribution in [0.15, 0.2) is 0 Å². The van der Waals surface area contributed by atoms with Gasteiger partial charge in [-0.3, -0.25) is 9.59 Å². The molecule has 3 atom stereocenters. The fourth-order valence-electron chi connectivity index (χ4n) is 4.66. The minimum absolute atomic E-state index is 0.00183. The van der Waals surface area contributed by atoms with Gasteiger partial charge in [0.1, 0.15) is 6.10 Å². The van der Waals surface area contributed by atoms with Crippen LogP contribution in [-0.4, -0.2) is 24.6 Å². The Morgan fingerprint density at radius 2 is 1.23 bits per heavy atom. The van der Waals surface area contributed by atoms with Crippen molar-refractivity contribution in [3.05, 3.63) is 0 Å². The first-order chi connectivity index (χ1) is 15.1. The Labute approximate surface area is 192 Å². The zero-order valence-corrected chi connectivity index (χ0v) is 20.8. The highest BCUT2D eigenvalue weighted by Gasteiger charge is 2.38. The maximum absolute atomic E-state index is 12.9. The lowest BCUT2D eigenvalue weighted by molar-refractivity contribution is -0.166. The van der Waals surface area contributed by atoms with Crippen LogP contribution in [0.3, 0.4) is 0 Å². The normalized spacial score (nSPS) is 19.7. The fourth-order valence-corrected chi connectivity index (χ4v) is 4.66. The van der Waals surface area contributed by atoms with Gasteiger partial charge in [0.15, 0.2) is 0 Å². The summed E-state index contributed by atoms with van der Waals surface area (Å²) >= 11 is 0. The van der Waals surface area contributed by atoms with Crippen molar-refractivity contribution < 1.29 is 19.1 Å². The van der Waals surface area contributed by atoms with E-state index in [0.717, 1.165) is 70.6 Å². The van der Waals surface area contributed by atoms with Gasteiger partial charge in [-0.05, 0) is 32.1 Å². The Morgan fingerprint density at radius 3 is 1.81 bits per heavy atom. The summed E-state index contributed by atoms with van der Waals surface area (Å²) in [5, 5.41) is 0. The molecule has 1 saturated carbocycles. The highest BCUT2D eigenvalue weighted by Crippen LogP contribution is 2.33. The number of carbonyl (C=O) groups is 2. The number of carbonyl (C=O) groups excluding carboxylic acids is 2. The minimum Gasteiger partial charge on any atom is -0.465 e. The Morgan fingerprint density at radius 1 is 0.677 bits per heavy atom. The predicted molar refractivity (Wildman–Crippen MR) is 128 cm³/mol. The molecule has 0 radical (unpaired) electrons. The second-order valence-electron chi connectivity index (χ2n) is 9.48. The van der Waals surface area contributed by atoms with E-state index in [0.29, 0.717) is 6.61 Å². The molecule has 1 aliphatic rings. The van der Waals surface area contributed by atoms with Crippen molar-refractivity contribution >= 4 is 11.9 Å². The van der Waals surface area contributed by atoms with Gasteiger partial charge < -0.3 is 9.47 Å². The molecule has 0 bridgehead atoms. The van der Waals surface area contributed by atoms with Gasteiger partial charge in [0.05, 0.1) is 18.4 Å². The third kappa shape index (κ3) is 12.5. The van der Waals surface area contributed by atoms with Crippen molar-refractivity contribution in [1.29, 1.82) is 0 Å². The van der Waals surface area contributed by atoms with E-state index in [-0.39, 0.29) is 29.9 Å². The van der Waals surface area contributed by atoms with E-state index in [4.69, 9.17) is 9.47 Å². The zero-order chi connectivity index (χ0) is 22.7. The maximum atomic E-state index is 12.9. The highest BCUT2D eigenvalue weighted by atomic mass is 16.5. The summed E-state index contributed by atoms with van der Waals surface area (Å²) in [5.41, 5.74) is 0. The predicted octanol–water partition coefficient (Wildman–Crippen LogP) is 7.77. The van der Waals surface area contributed by atoms with Crippen molar-refractivity contribution in [3.8, 4) is 0 Å². The molecule has 31 heavy (non-hydrogen) atoms. The summed E-state index contributed by atoms with van der Waals surface area (Å²) in [6.45, 7) is 7.02. The van der Waals surface area contributed by atoms with Crippen LogP contribution in [-0.2, 0) is 19.1 Å². The molecular weight excluding hydrogens is 388 g/mol. The number of unbranched alkanes of at least 4 members (excludes halogenated alkanes) is 9. The van der Waals surface area contributed by atoms with E-state index in [2.05, 4.69) is 20.8 Å². The summed E-state index contributed by atoms with van der Waals surface area (Å²) in [6, 6.07) is 0. The monoisotopic (exact) mass is 438 g/mol. The van der Waals surface area contributed by atoms with Gasteiger partial charge in [0.25, 0.3) is 0 Å². The summed E-state index contributed by atoms with van der Waals surface area (Å²) in [5.74, 6) is -0.972. The minimum atomic E-state index is -0.314. The second-order valence-corrected chi connectivity index (χ2v) is 9.48. The third-order valence-corrected chi connectivity index (χ3v) is 6.64. The van der Waals surface area contributed by atoms with Crippen LogP contribution in [0.25, 0.3) is 0 Å². The van der Waals surface area contributed by atoms with E-state index in [9.17, 15) is 9.59 Å². The number of rotatable bonds is 18. The van der Waals surface area contributed by atoms with Crippen LogP contribution in [0, 0.1) is 11.8 Å². The Bertz CT molecular complexity index is 462. The van der Waals surface area contributed by atoms with Crippen LogP contribution >= 0.6 is 0 Å². The molecule has 0 N–H and O–H groups in total. The fraction of sp³-hybridized carbons (Fsp3) is 0.926. The van der Waals surface area contributed by atoms with Crippen molar-refractivity contribution in [1.82, 2.24) is 0 Å². The van der Waals surface area contributed by atoms with E-state index in [1.54, 1.807) is 0 Å². The molecule has 0 aromatic heterocycles. The molecule has 0 amide bonds. The van der Waals surface area contributed by atoms with Crippen molar-refractivity contribution in [2.24, 2.45) is 11.8 Å². The lowest BCUT2D eigenvalue weighted by atomic mass is 9.79. The Balaban J connectivity index is 2.32. The smallest absolute Gasteiger partial charge is 0.310 e. The average molecular weight is 439 g/mol. The largest absolute Gasteiger partial charge is 0.465 e. The van der Waals surface area contributed by atoms with Crippen molar-refractivity contribution in [2.45, 2.75) is 142 Å². The van der Waals surface area contributed by atoms with E-state index in [1.165, 1.54) is 44.9 Å². The zero-order valence-electron chi connectivity index (χ0n) is 20.8. The van der Waals surface area contributed by atoms with Gasteiger partial charge in [0.2, 0.25) is 0 Å². The Hall–Kier alpha value is -1.06. The number of hydrogen-bond acceptors (Lipinski definition) is 4. The quantitative estimate of drug-likeness (QED) is 0.162. The molecule has 182 valence electrons. The molecular formula is C27H50O4. The van der Waals surface area contributed by atoms with Crippen LogP contribution in [0.4, 0.5) is 0 Å². The van der Waals surface area contributed by atoms with Crippen LogP contribution < -0.4 is 0 Å². The van der Waals surface area contributed by atoms with Gasteiger partial charge in [-0.2, -0.15) is 0 Å². The van der Waals surface area contributed by atoms with Crippen LogP contribution in [0.5, 0.6) is 0 Å². The first kappa shape index (κ1) is 28.0. The van der Waals surface area contributed by atoms with E-state index >= 15 is 0 Å². The topological polar surface area (TPSA) is 52.6 Å². The second kappa shape index (κ2) is 18.5. The molecule has 0 aromatic rings. The molecule has 3 unspecified atom stereocenters. The van der Waals surface area contributed by atoms with Crippen molar-refractivity contribution in [2.75, 3.05) is 6.61 Å². The number of ether oxygens (including phenoxy) is 2. The van der Waals surface area contributed by atoms with Crippen LogP contribution in [0.1, 0.15) is 136 Å². The summed E-state index contributed by atoms with van der Waals surface area (Å²) in [4.78, 5) is 25.6. The van der Waals surface area contributed by atoms with Gasteiger partial charge in [-0.1, -0.05) is 104 Å². The first-order valence-corrected chi connectivity index (χ1v) is 13.5. The molecule has 4 heteroatoms. The maximum Gasteiger partial charge on any atom is 0.310 e. The molecule has 0 saturated heterocycles. The molecule has 1 rings (SSSR count). The van der Waals surface area contributed by atoms with Gasteiger partial charge in [-0.15, -0.1) is 0 Å². The SMILES string of the molecule is CCCCCCCCCCCOC(=O)C1CCCCC1C(=O)OC(CCC)CCCC. The molecule has 0 aromatic carbocycles. The lowest BCUT2D eigenvalue weighted by Crippen LogP contribution is -2.36. The molecule has 0 spiro atoms. The van der Waals surface area contributed by atoms with Gasteiger partial charge >= 0.3 is 11.9 Å². The first-order valence-electron chi connectivity index (χ1n) is 13.5. The standard InChI is InChI=1S/C27H50O4/c1-4-7-9-10-11-12-13-14-17-22-30-26(28)24-20-15-16-21-25(24)27(29)31-23(18-6-3)19-8-5-2/h23-25H,4-22H2,1-3H3. The summed E-state index contributed by atoms with van der Waals surface area (Å²) in [6.07, 6.45) is 19.7. The molecule has 1 fully saturated rings.